The van der Waals surface area contributed by atoms with E-state index in [1.807, 2.05) is 32.1 Å². The van der Waals surface area contributed by atoms with Crippen LogP contribution in [-0.4, -0.2) is 16.5 Å². The Hall–Kier alpha value is -1.35. The molecule has 0 radical (unpaired) electrons. The lowest BCUT2D eigenvalue weighted by Crippen LogP contribution is -2.07. The van der Waals surface area contributed by atoms with Crippen LogP contribution in [0.5, 0.6) is 0 Å². The van der Waals surface area contributed by atoms with Gasteiger partial charge in [0.15, 0.2) is 0 Å². The highest BCUT2D eigenvalue weighted by Gasteiger charge is 2.11. The molecule has 1 rings (SSSR count). The summed E-state index contributed by atoms with van der Waals surface area (Å²) in [5, 5.41) is 0. The Bertz CT molecular complexity index is 397. The van der Waals surface area contributed by atoms with Gasteiger partial charge in [-0.2, -0.15) is 0 Å². The van der Waals surface area contributed by atoms with Gasteiger partial charge in [0.25, 0.3) is 0 Å². The maximum absolute atomic E-state index is 11.4. The first-order valence-electron chi connectivity index (χ1n) is 4.90. The van der Waals surface area contributed by atoms with Crippen LogP contribution in [0.25, 0.3) is 0 Å². The van der Waals surface area contributed by atoms with Crippen LogP contribution in [0.4, 0.5) is 0 Å². The van der Waals surface area contributed by atoms with Crippen molar-refractivity contribution in [1.29, 1.82) is 0 Å². The molecule has 80 valence electrons. The first-order chi connectivity index (χ1) is 7.11. The van der Waals surface area contributed by atoms with Gasteiger partial charge in [0.05, 0.1) is 5.56 Å². The molecule has 0 unspecified atom stereocenters. The summed E-state index contributed by atoms with van der Waals surface area (Å²) in [6.45, 7) is 7.69. The number of hydrogen-bond acceptors (Lipinski definition) is 2. The number of hydrogen-bond donors (Lipinski definition) is 0. The van der Waals surface area contributed by atoms with Crippen molar-refractivity contribution in [3.05, 3.63) is 47.0 Å². The molecule has 0 atom stereocenters. The van der Waals surface area contributed by atoms with Crippen molar-refractivity contribution in [3.8, 4) is 0 Å². The summed E-state index contributed by atoms with van der Waals surface area (Å²) >= 11 is 0. The van der Waals surface area contributed by atoms with Gasteiger partial charge >= 0.3 is 5.97 Å². The summed E-state index contributed by atoms with van der Waals surface area (Å²) in [5.74, 6) is -0.215. The molecule has 2 nitrogen and oxygen atoms in total. The van der Waals surface area contributed by atoms with Gasteiger partial charge in [0.1, 0.15) is 0 Å². The number of benzene rings is 1. The smallest absolute Gasteiger partial charge is 0.324 e. The summed E-state index contributed by atoms with van der Waals surface area (Å²) in [6.07, 6.45) is 2.70. The van der Waals surface area contributed by atoms with Gasteiger partial charge in [-0.3, -0.25) is 0 Å². The summed E-state index contributed by atoms with van der Waals surface area (Å²) in [4.78, 5) is 11.4. The van der Waals surface area contributed by atoms with E-state index in [4.69, 9.17) is 4.43 Å². The van der Waals surface area contributed by atoms with Crippen molar-refractivity contribution in [3.63, 3.8) is 0 Å². The van der Waals surface area contributed by atoms with Crippen LogP contribution >= 0.6 is 0 Å². The third-order valence-electron chi connectivity index (χ3n) is 2.67. The van der Waals surface area contributed by atoms with Crippen LogP contribution in [0, 0.1) is 13.8 Å². The Morgan fingerprint density at radius 2 is 2.13 bits per heavy atom. The molecule has 0 spiro atoms. The Kier molecular flexibility index (Phi) is 3.86. The highest BCUT2D eigenvalue weighted by molar-refractivity contribution is 6.09. The second kappa shape index (κ2) is 4.93. The molecular weight excluding hydrogens is 204 g/mol. The summed E-state index contributed by atoms with van der Waals surface area (Å²) in [7, 11) is 0.437. The highest BCUT2D eigenvalue weighted by Crippen LogP contribution is 2.19. The summed E-state index contributed by atoms with van der Waals surface area (Å²) in [5.41, 5.74) is 4.05. The lowest BCUT2D eigenvalue weighted by molar-refractivity contribution is 0.0749. The van der Waals surface area contributed by atoms with Crippen LogP contribution < -0.4 is 0 Å². The van der Waals surface area contributed by atoms with Gasteiger partial charge in [0, 0.05) is 0 Å². The van der Waals surface area contributed by atoms with Gasteiger partial charge < -0.3 is 4.43 Å². The second-order valence-electron chi connectivity index (χ2n) is 3.51. The van der Waals surface area contributed by atoms with Gasteiger partial charge in [-0.05, 0) is 43.0 Å². The molecule has 0 aliphatic carbocycles. The van der Waals surface area contributed by atoms with Gasteiger partial charge in [-0.1, -0.05) is 12.1 Å². The Balaban J connectivity index is 3.20. The third-order valence-corrected chi connectivity index (χ3v) is 3.04. The Labute approximate surface area is 93.5 Å². The SMILES string of the molecule is C=CCc1ccc(C(=O)O[SiH3])c(C)c1C. The molecule has 0 amide bonds. The predicted molar refractivity (Wildman–Crippen MR) is 65.2 cm³/mol. The summed E-state index contributed by atoms with van der Waals surface area (Å²) < 4.78 is 4.85. The topological polar surface area (TPSA) is 26.3 Å². The van der Waals surface area contributed by atoms with E-state index in [2.05, 4.69) is 6.58 Å². The maximum Gasteiger partial charge on any atom is 0.324 e. The van der Waals surface area contributed by atoms with Gasteiger partial charge in [0.2, 0.25) is 10.5 Å². The minimum atomic E-state index is -0.215. The molecule has 15 heavy (non-hydrogen) atoms. The first-order valence-corrected chi connectivity index (χ1v) is 5.71. The lowest BCUT2D eigenvalue weighted by Gasteiger charge is -2.11. The van der Waals surface area contributed by atoms with Crippen molar-refractivity contribution in [2.75, 3.05) is 0 Å². The molecule has 0 aliphatic rings. The molecule has 0 saturated heterocycles. The van der Waals surface area contributed by atoms with Crippen LogP contribution in [0.1, 0.15) is 27.0 Å². The van der Waals surface area contributed by atoms with E-state index in [0.717, 1.165) is 17.5 Å². The van der Waals surface area contributed by atoms with Crippen LogP contribution in [-0.2, 0) is 10.8 Å². The van der Waals surface area contributed by atoms with Crippen molar-refractivity contribution < 1.29 is 9.22 Å². The van der Waals surface area contributed by atoms with E-state index >= 15 is 0 Å². The van der Waals surface area contributed by atoms with E-state index in [-0.39, 0.29) is 5.97 Å². The first kappa shape index (κ1) is 11.7. The average molecular weight is 220 g/mol. The molecule has 0 N–H and O–H groups in total. The largest absolute Gasteiger partial charge is 0.525 e. The molecule has 0 aromatic heterocycles. The number of rotatable bonds is 3. The average Bonchev–Trinajstić information content (AvgIpc) is 2.24. The van der Waals surface area contributed by atoms with Gasteiger partial charge in [-0.15, -0.1) is 6.58 Å². The fourth-order valence-corrected chi connectivity index (χ4v) is 1.80. The van der Waals surface area contributed by atoms with E-state index in [0.29, 0.717) is 16.0 Å². The molecule has 0 fully saturated rings. The van der Waals surface area contributed by atoms with Gasteiger partial charge in [-0.25, -0.2) is 4.79 Å². The molecule has 0 aliphatic heterocycles. The van der Waals surface area contributed by atoms with E-state index in [9.17, 15) is 4.79 Å². The van der Waals surface area contributed by atoms with Crippen molar-refractivity contribution in [2.24, 2.45) is 0 Å². The Morgan fingerprint density at radius 1 is 1.47 bits per heavy atom. The van der Waals surface area contributed by atoms with Crippen LogP contribution in [0.3, 0.4) is 0 Å². The zero-order chi connectivity index (χ0) is 11.4. The standard InChI is InChI=1S/C12H16O2Si/c1-4-5-10-6-7-11(12(13)14-15)9(3)8(10)2/h4,6-7H,1,5H2,2-3,15H3. The molecule has 0 bridgehead atoms. The number of carbonyl (C=O) groups excluding carboxylic acids is 1. The normalized spacial score (nSPS) is 10.0. The summed E-state index contributed by atoms with van der Waals surface area (Å²) in [6, 6.07) is 3.80. The van der Waals surface area contributed by atoms with Crippen LogP contribution in [0.15, 0.2) is 24.8 Å². The maximum atomic E-state index is 11.4. The van der Waals surface area contributed by atoms with Crippen molar-refractivity contribution in [2.45, 2.75) is 20.3 Å². The van der Waals surface area contributed by atoms with Crippen molar-refractivity contribution in [1.82, 2.24) is 0 Å². The third kappa shape index (κ3) is 2.36. The van der Waals surface area contributed by atoms with Crippen molar-refractivity contribution >= 4 is 16.5 Å². The molecule has 0 heterocycles. The minimum absolute atomic E-state index is 0.215. The van der Waals surface area contributed by atoms with E-state index < -0.39 is 0 Å². The van der Waals surface area contributed by atoms with E-state index in [1.54, 1.807) is 0 Å². The zero-order valence-electron chi connectivity index (χ0n) is 9.46. The quantitative estimate of drug-likeness (QED) is 0.569. The monoisotopic (exact) mass is 220 g/mol. The molecule has 1 aromatic carbocycles. The zero-order valence-corrected chi connectivity index (χ0v) is 11.5. The number of allylic oxidation sites excluding steroid dienone is 1. The highest BCUT2D eigenvalue weighted by atomic mass is 28.2. The predicted octanol–water partition coefficient (Wildman–Crippen LogP) is 1.47. The fraction of sp³-hybridized carbons (Fsp3) is 0.250. The van der Waals surface area contributed by atoms with E-state index in [1.165, 1.54) is 5.56 Å². The lowest BCUT2D eigenvalue weighted by atomic mass is 9.96. The second-order valence-corrected chi connectivity index (χ2v) is 3.91. The Morgan fingerprint density at radius 3 is 2.67 bits per heavy atom. The molecule has 0 saturated carbocycles. The molecule has 3 heteroatoms. The number of carbonyl (C=O) groups is 1. The molecule has 1 aromatic rings. The fourth-order valence-electron chi connectivity index (χ4n) is 1.58. The minimum Gasteiger partial charge on any atom is -0.525 e. The molecular formula is C12H16O2Si. The van der Waals surface area contributed by atoms with Crippen LogP contribution in [0.2, 0.25) is 0 Å².